The number of carboxylic acids is 1. The maximum atomic E-state index is 11.5. The number of benzene rings is 2. The molecule has 0 aliphatic rings. The second kappa shape index (κ2) is 9.05. The van der Waals surface area contributed by atoms with Crippen LogP contribution in [0.2, 0.25) is 0 Å². The van der Waals surface area contributed by atoms with E-state index in [1.54, 1.807) is 27.2 Å². The first-order valence-electron chi connectivity index (χ1n) is 9.77. The molecule has 0 amide bonds. The zero-order chi connectivity index (χ0) is 21.8. The number of fused-ring (bicyclic) bond motifs is 1. The zero-order valence-corrected chi connectivity index (χ0v) is 18.0. The fourth-order valence-corrected chi connectivity index (χ4v) is 3.83. The number of carbonyl (C=O) groups is 1. The Balaban J connectivity index is 2.48. The van der Waals surface area contributed by atoms with Crippen molar-refractivity contribution in [2.75, 3.05) is 21.0 Å². The van der Waals surface area contributed by atoms with E-state index in [0.717, 1.165) is 33.3 Å². The molecule has 30 heavy (non-hydrogen) atoms. The number of methoxy groups -OCH3 is 2. The third kappa shape index (κ3) is 3.78. The summed E-state index contributed by atoms with van der Waals surface area (Å²) >= 11 is 0. The Morgan fingerprint density at radius 3 is 2.47 bits per heavy atom. The standard InChI is InChI=1S/C24H27NO5/c1-6-25-21(17-10-8-7-9-11-17)16(3)20-18(12-15(2)24(26)27)13-19(29-5)23(22(20)25)30-14-28-4/h7-13H,6,14H2,1-5H3,(H,26,27)/b15-12+. The minimum atomic E-state index is -0.960. The molecular formula is C24H27NO5. The average Bonchev–Trinajstić information content (AvgIpc) is 3.05. The Morgan fingerprint density at radius 1 is 1.20 bits per heavy atom. The molecule has 158 valence electrons. The van der Waals surface area contributed by atoms with E-state index < -0.39 is 5.97 Å². The number of ether oxygens (including phenoxy) is 3. The van der Waals surface area contributed by atoms with Gasteiger partial charge in [-0.25, -0.2) is 4.79 Å². The van der Waals surface area contributed by atoms with Gasteiger partial charge in [0.1, 0.15) is 0 Å². The van der Waals surface area contributed by atoms with E-state index in [0.29, 0.717) is 18.0 Å². The van der Waals surface area contributed by atoms with Crippen LogP contribution in [0.25, 0.3) is 28.2 Å². The SMILES string of the molecule is CCn1c(-c2ccccc2)c(C)c2c(/C=C(\C)C(=O)O)cc(OC)c(OCOC)c21. The number of hydrogen-bond donors (Lipinski definition) is 1. The molecule has 1 aromatic heterocycles. The Labute approximate surface area is 176 Å². The molecule has 6 nitrogen and oxygen atoms in total. The van der Waals surface area contributed by atoms with Gasteiger partial charge in [0, 0.05) is 24.6 Å². The summed E-state index contributed by atoms with van der Waals surface area (Å²) in [6.07, 6.45) is 1.68. The van der Waals surface area contributed by atoms with E-state index in [9.17, 15) is 9.90 Å². The zero-order valence-electron chi connectivity index (χ0n) is 18.0. The smallest absolute Gasteiger partial charge is 0.331 e. The van der Waals surface area contributed by atoms with Crippen LogP contribution in [0, 0.1) is 6.92 Å². The fraction of sp³-hybridized carbons (Fsp3) is 0.292. The highest BCUT2D eigenvalue weighted by Crippen LogP contribution is 2.45. The summed E-state index contributed by atoms with van der Waals surface area (Å²) in [4.78, 5) is 11.5. The van der Waals surface area contributed by atoms with Gasteiger partial charge in [-0.1, -0.05) is 30.3 Å². The molecule has 0 saturated heterocycles. The van der Waals surface area contributed by atoms with Crippen LogP contribution >= 0.6 is 0 Å². The van der Waals surface area contributed by atoms with E-state index in [4.69, 9.17) is 14.2 Å². The van der Waals surface area contributed by atoms with Gasteiger partial charge in [0.2, 0.25) is 0 Å². The summed E-state index contributed by atoms with van der Waals surface area (Å²) in [7, 11) is 3.14. The predicted octanol–water partition coefficient (Wildman–Crippen LogP) is 5.12. The summed E-state index contributed by atoms with van der Waals surface area (Å²) in [5, 5.41) is 10.4. The number of hydrogen-bond acceptors (Lipinski definition) is 4. The summed E-state index contributed by atoms with van der Waals surface area (Å²) in [6.45, 7) is 6.48. The molecule has 0 spiro atoms. The van der Waals surface area contributed by atoms with Gasteiger partial charge in [0.25, 0.3) is 0 Å². The number of carboxylic acid groups (broad SMARTS) is 1. The van der Waals surface area contributed by atoms with Gasteiger partial charge in [-0.3, -0.25) is 0 Å². The van der Waals surface area contributed by atoms with Crippen LogP contribution < -0.4 is 9.47 Å². The van der Waals surface area contributed by atoms with Gasteiger partial charge in [-0.2, -0.15) is 0 Å². The van der Waals surface area contributed by atoms with Gasteiger partial charge in [-0.05, 0) is 49.6 Å². The van der Waals surface area contributed by atoms with Crippen molar-refractivity contribution in [1.82, 2.24) is 4.57 Å². The monoisotopic (exact) mass is 409 g/mol. The third-order valence-corrected chi connectivity index (χ3v) is 5.13. The topological polar surface area (TPSA) is 69.9 Å². The number of aromatic nitrogens is 1. The minimum Gasteiger partial charge on any atom is -0.493 e. The van der Waals surface area contributed by atoms with Gasteiger partial charge in [0.05, 0.1) is 18.3 Å². The van der Waals surface area contributed by atoms with Crippen LogP contribution in [-0.2, 0) is 16.1 Å². The lowest BCUT2D eigenvalue weighted by Crippen LogP contribution is -2.05. The average molecular weight is 409 g/mol. The third-order valence-electron chi connectivity index (χ3n) is 5.13. The Morgan fingerprint density at radius 2 is 1.90 bits per heavy atom. The highest BCUT2D eigenvalue weighted by Gasteiger charge is 2.24. The summed E-state index contributed by atoms with van der Waals surface area (Å²) < 4.78 is 18.9. The molecule has 0 fully saturated rings. The molecule has 3 rings (SSSR count). The van der Waals surface area contributed by atoms with Crippen LogP contribution in [0.5, 0.6) is 11.5 Å². The Bertz CT molecular complexity index is 1100. The number of nitrogens with zero attached hydrogens (tertiary/aromatic N) is 1. The normalized spacial score (nSPS) is 11.7. The highest BCUT2D eigenvalue weighted by atomic mass is 16.7. The molecule has 1 heterocycles. The number of aliphatic carboxylic acids is 1. The first kappa shape index (κ1) is 21.5. The first-order chi connectivity index (χ1) is 14.4. The van der Waals surface area contributed by atoms with E-state index in [1.165, 1.54) is 0 Å². The lowest BCUT2D eigenvalue weighted by Gasteiger charge is -2.16. The van der Waals surface area contributed by atoms with Gasteiger partial charge in [-0.15, -0.1) is 0 Å². The summed E-state index contributed by atoms with van der Waals surface area (Å²) in [5.74, 6) is 0.139. The van der Waals surface area contributed by atoms with Crippen molar-refractivity contribution in [1.29, 1.82) is 0 Å². The van der Waals surface area contributed by atoms with E-state index >= 15 is 0 Å². The van der Waals surface area contributed by atoms with Crippen LogP contribution in [0.15, 0.2) is 42.0 Å². The molecule has 0 saturated carbocycles. The Hall–Kier alpha value is -3.25. The van der Waals surface area contributed by atoms with Crippen LogP contribution in [0.3, 0.4) is 0 Å². The first-order valence-corrected chi connectivity index (χ1v) is 9.77. The molecule has 2 aromatic carbocycles. The van der Waals surface area contributed by atoms with Crippen LogP contribution in [0.4, 0.5) is 0 Å². The van der Waals surface area contributed by atoms with E-state index in [2.05, 4.69) is 30.5 Å². The molecule has 3 aromatic rings. The second-order valence-electron chi connectivity index (χ2n) is 6.99. The van der Waals surface area contributed by atoms with Gasteiger partial charge >= 0.3 is 5.97 Å². The van der Waals surface area contributed by atoms with Crippen molar-refractivity contribution in [2.24, 2.45) is 0 Å². The summed E-state index contributed by atoms with van der Waals surface area (Å²) in [6, 6.07) is 12.0. The van der Waals surface area contributed by atoms with Crippen LogP contribution in [0.1, 0.15) is 25.0 Å². The van der Waals surface area contributed by atoms with Crippen molar-refractivity contribution in [3.63, 3.8) is 0 Å². The largest absolute Gasteiger partial charge is 0.493 e. The lowest BCUT2D eigenvalue weighted by molar-refractivity contribution is -0.132. The maximum absolute atomic E-state index is 11.5. The van der Waals surface area contributed by atoms with Crippen molar-refractivity contribution in [3.8, 4) is 22.8 Å². The van der Waals surface area contributed by atoms with Gasteiger partial charge < -0.3 is 23.9 Å². The Kier molecular flexibility index (Phi) is 6.47. The number of aryl methyl sites for hydroxylation is 2. The molecule has 0 radical (unpaired) electrons. The summed E-state index contributed by atoms with van der Waals surface area (Å²) in [5.41, 5.74) is 5.06. The molecule has 0 atom stereocenters. The highest BCUT2D eigenvalue weighted by molar-refractivity contribution is 6.04. The molecule has 0 bridgehead atoms. The molecule has 1 N–H and O–H groups in total. The number of rotatable bonds is 8. The maximum Gasteiger partial charge on any atom is 0.331 e. The minimum absolute atomic E-state index is 0.0728. The predicted molar refractivity (Wildman–Crippen MR) is 118 cm³/mol. The molecule has 0 aliphatic heterocycles. The van der Waals surface area contributed by atoms with Crippen molar-refractivity contribution in [2.45, 2.75) is 27.3 Å². The lowest BCUT2D eigenvalue weighted by atomic mass is 10.0. The molecular weight excluding hydrogens is 382 g/mol. The van der Waals surface area contributed by atoms with Crippen molar-refractivity contribution < 1.29 is 24.1 Å². The van der Waals surface area contributed by atoms with Crippen molar-refractivity contribution in [3.05, 3.63) is 53.1 Å². The fourth-order valence-electron chi connectivity index (χ4n) is 3.83. The second-order valence-corrected chi connectivity index (χ2v) is 6.99. The van der Waals surface area contributed by atoms with Gasteiger partial charge in [0.15, 0.2) is 18.3 Å². The van der Waals surface area contributed by atoms with Crippen LogP contribution in [-0.4, -0.2) is 36.7 Å². The van der Waals surface area contributed by atoms with E-state index in [1.807, 2.05) is 24.3 Å². The molecule has 6 heteroatoms. The quantitative estimate of drug-likeness (QED) is 0.413. The van der Waals surface area contributed by atoms with E-state index in [-0.39, 0.29) is 12.4 Å². The van der Waals surface area contributed by atoms with Crippen molar-refractivity contribution >= 4 is 22.9 Å². The molecule has 0 unspecified atom stereocenters. The molecule has 0 aliphatic carbocycles.